The Morgan fingerprint density at radius 1 is 1.55 bits per heavy atom. The number of guanidine groups is 1. The lowest BCUT2D eigenvalue weighted by Crippen LogP contribution is -2.47. The van der Waals surface area contributed by atoms with E-state index in [-0.39, 0.29) is 0 Å². The minimum absolute atomic E-state index is 0.663. The van der Waals surface area contributed by atoms with Gasteiger partial charge < -0.3 is 10.2 Å². The Hall–Kier alpha value is -0.750. The maximum atomic E-state index is 4.52. The molecule has 0 aromatic carbocycles. The van der Waals surface area contributed by atoms with Gasteiger partial charge in [-0.1, -0.05) is 20.8 Å². The molecule has 0 spiro atoms. The molecule has 1 N–H and O–H groups in total. The number of hydrogen-bond acceptors (Lipinski definition) is 4. The second kappa shape index (κ2) is 8.77. The van der Waals surface area contributed by atoms with Crippen molar-refractivity contribution in [1.29, 1.82) is 0 Å². The molecule has 1 aliphatic heterocycles. The molecule has 0 saturated carbocycles. The Morgan fingerprint density at radius 3 is 3.05 bits per heavy atom. The van der Waals surface area contributed by atoms with Gasteiger partial charge in [-0.15, -0.1) is 11.3 Å². The number of thioether (sulfide) groups is 1. The van der Waals surface area contributed by atoms with Crippen molar-refractivity contribution in [3.63, 3.8) is 0 Å². The summed E-state index contributed by atoms with van der Waals surface area (Å²) in [6, 6.07) is 0. The smallest absolute Gasteiger partial charge is 0.194 e. The summed E-state index contributed by atoms with van der Waals surface area (Å²) in [5.41, 5.74) is 0. The van der Waals surface area contributed by atoms with Crippen LogP contribution in [0.5, 0.6) is 0 Å². The molecule has 1 saturated heterocycles. The molecule has 2 heterocycles. The number of nitrogens with one attached hydrogen (secondary N) is 1. The Morgan fingerprint density at radius 2 is 2.36 bits per heavy atom. The van der Waals surface area contributed by atoms with Crippen LogP contribution in [0.15, 0.2) is 11.2 Å². The number of hydrogen-bond donors (Lipinski definition) is 1. The normalized spacial score (nSPS) is 19.8. The second-order valence-electron chi connectivity index (χ2n) is 6.07. The van der Waals surface area contributed by atoms with Crippen LogP contribution in [0, 0.1) is 5.92 Å². The summed E-state index contributed by atoms with van der Waals surface area (Å²) in [4.78, 5) is 12.7. The van der Waals surface area contributed by atoms with Crippen molar-refractivity contribution in [2.45, 2.75) is 45.4 Å². The third-order valence-electron chi connectivity index (χ3n) is 3.71. The fourth-order valence-corrected chi connectivity index (χ4v) is 4.79. The molecule has 6 heteroatoms. The van der Waals surface area contributed by atoms with Gasteiger partial charge in [0.25, 0.3) is 0 Å². The van der Waals surface area contributed by atoms with E-state index < -0.39 is 0 Å². The topological polar surface area (TPSA) is 40.5 Å². The van der Waals surface area contributed by atoms with Gasteiger partial charge in [-0.05, 0) is 12.3 Å². The van der Waals surface area contributed by atoms with E-state index in [0.717, 1.165) is 37.3 Å². The molecule has 1 unspecified atom stereocenters. The molecule has 0 bridgehead atoms. The van der Waals surface area contributed by atoms with Crippen LogP contribution in [0.4, 0.5) is 0 Å². The molecule has 1 atom stereocenters. The van der Waals surface area contributed by atoms with Crippen molar-refractivity contribution in [3.8, 4) is 0 Å². The highest BCUT2D eigenvalue weighted by atomic mass is 32.2. The van der Waals surface area contributed by atoms with Crippen LogP contribution in [-0.2, 0) is 13.0 Å². The number of rotatable bonds is 5. The van der Waals surface area contributed by atoms with Crippen LogP contribution in [0.2, 0.25) is 0 Å². The number of thiazole rings is 1. The van der Waals surface area contributed by atoms with Crippen LogP contribution in [0.1, 0.15) is 37.1 Å². The van der Waals surface area contributed by atoms with Gasteiger partial charge in [0, 0.05) is 48.6 Å². The highest BCUT2D eigenvalue weighted by molar-refractivity contribution is 8.00. The molecule has 22 heavy (non-hydrogen) atoms. The first-order valence-corrected chi connectivity index (χ1v) is 9.99. The number of aromatic nitrogens is 1. The average molecular weight is 341 g/mol. The summed E-state index contributed by atoms with van der Waals surface area (Å²) in [6.07, 6.45) is 4.30. The first-order valence-electron chi connectivity index (χ1n) is 8.13. The predicted molar refractivity (Wildman–Crippen MR) is 99.0 cm³/mol. The lowest BCUT2D eigenvalue weighted by molar-refractivity contribution is 0.408. The van der Waals surface area contributed by atoms with E-state index in [1.54, 1.807) is 0 Å². The molecular weight excluding hydrogens is 312 g/mol. The second-order valence-corrected chi connectivity index (χ2v) is 8.67. The van der Waals surface area contributed by atoms with Gasteiger partial charge in [-0.3, -0.25) is 4.99 Å². The minimum atomic E-state index is 0.663. The van der Waals surface area contributed by atoms with E-state index in [9.17, 15) is 0 Å². The van der Waals surface area contributed by atoms with Crippen LogP contribution in [-0.4, -0.2) is 47.0 Å². The lowest BCUT2D eigenvalue weighted by Gasteiger charge is -2.34. The zero-order chi connectivity index (χ0) is 15.9. The van der Waals surface area contributed by atoms with E-state index >= 15 is 0 Å². The van der Waals surface area contributed by atoms with Crippen LogP contribution in [0.25, 0.3) is 0 Å². The highest BCUT2D eigenvalue weighted by Crippen LogP contribution is 2.21. The van der Waals surface area contributed by atoms with Gasteiger partial charge >= 0.3 is 0 Å². The molecule has 124 valence electrons. The summed E-state index contributed by atoms with van der Waals surface area (Å²) in [6.45, 7) is 9.75. The molecule has 0 amide bonds. The molecule has 1 fully saturated rings. The van der Waals surface area contributed by atoms with Crippen LogP contribution in [0.3, 0.4) is 0 Å². The van der Waals surface area contributed by atoms with Crippen molar-refractivity contribution in [2.24, 2.45) is 10.9 Å². The van der Waals surface area contributed by atoms with Crippen molar-refractivity contribution in [2.75, 3.05) is 25.9 Å². The van der Waals surface area contributed by atoms with Gasteiger partial charge in [0.1, 0.15) is 0 Å². The fraction of sp³-hybridized carbons (Fsp3) is 0.750. The van der Waals surface area contributed by atoms with E-state index in [0.29, 0.717) is 5.92 Å². The van der Waals surface area contributed by atoms with Crippen molar-refractivity contribution in [3.05, 3.63) is 16.1 Å². The zero-order valence-electron chi connectivity index (χ0n) is 14.1. The summed E-state index contributed by atoms with van der Waals surface area (Å²) in [5, 5.41) is 5.47. The maximum absolute atomic E-state index is 4.52. The van der Waals surface area contributed by atoms with Gasteiger partial charge in [-0.25, -0.2) is 4.98 Å². The third-order valence-corrected chi connectivity index (χ3v) is 6.10. The first-order chi connectivity index (χ1) is 10.6. The van der Waals surface area contributed by atoms with Crippen LogP contribution < -0.4 is 5.32 Å². The van der Waals surface area contributed by atoms with Crippen molar-refractivity contribution < 1.29 is 0 Å². The third kappa shape index (κ3) is 5.16. The lowest BCUT2D eigenvalue weighted by atomic mass is 10.1. The molecule has 1 aromatic heterocycles. The standard InChI is InChI=1S/C16H28N4S2/c1-5-13-11-20(6-7-21-13)16(17-4)19-10-14-9-18-15(22-14)8-12(2)3/h9,12-13H,5-8,10-11H2,1-4H3,(H,17,19). The highest BCUT2D eigenvalue weighted by Gasteiger charge is 2.21. The van der Waals surface area contributed by atoms with E-state index in [1.165, 1.54) is 22.1 Å². The van der Waals surface area contributed by atoms with Gasteiger partial charge in [0.2, 0.25) is 0 Å². The molecule has 2 rings (SSSR count). The van der Waals surface area contributed by atoms with Gasteiger partial charge in [-0.2, -0.15) is 11.8 Å². The Bertz CT molecular complexity index is 484. The van der Waals surface area contributed by atoms with E-state index in [4.69, 9.17) is 0 Å². The van der Waals surface area contributed by atoms with Crippen molar-refractivity contribution in [1.82, 2.24) is 15.2 Å². The fourth-order valence-electron chi connectivity index (χ4n) is 2.53. The number of nitrogens with zero attached hydrogens (tertiary/aromatic N) is 3. The van der Waals surface area contributed by atoms with Gasteiger partial charge in [0.15, 0.2) is 5.96 Å². The van der Waals surface area contributed by atoms with E-state index in [2.05, 4.69) is 52.7 Å². The number of aliphatic imine (C=N–C) groups is 1. The zero-order valence-corrected chi connectivity index (χ0v) is 15.8. The summed E-state index contributed by atoms with van der Waals surface area (Å²) < 4.78 is 0. The monoisotopic (exact) mass is 340 g/mol. The Labute approximate surface area is 142 Å². The van der Waals surface area contributed by atoms with Crippen molar-refractivity contribution >= 4 is 29.1 Å². The SMILES string of the molecule is CCC1CN(C(=NC)NCc2cnc(CC(C)C)s2)CCS1. The summed E-state index contributed by atoms with van der Waals surface area (Å²) in [7, 11) is 1.88. The Balaban J connectivity index is 1.87. The minimum Gasteiger partial charge on any atom is -0.351 e. The predicted octanol–water partition coefficient (Wildman–Crippen LogP) is 3.24. The first kappa shape index (κ1) is 17.6. The molecule has 0 radical (unpaired) electrons. The van der Waals surface area contributed by atoms with E-state index in [1.807, 2.05) is 24.6 Å². The molecular formula is C16H28N4S2. The molecule has 1 aliphatic rings. The molecule has 4 nitrogen and oxygen atoms in total. The quantitative estimate of drug-likeness (QED) is 0.660. The molecule has 1 aromatic rings. The average Bonchev–Trinajstić information content (AvgIpc) is 2.95. The maximum Gasteiger partial charge on any atom is 0.194 e. The largest absolute Gasteiger partial charge is 0.351 e. The summed E-state index contributed by atoms with van der Waals surface area (Å²) in [5.74, 6) is 2.88. The summed E-state index contributed by atoms with van der Waals surface area (Å²) >= 11 is 3.90. The van der Waals surface area contributed by atoms with Crippen LogP contribution >= 0.6 is 23.1 Å². The molecule has 0 aliphatic carbocycles. The van der Waals surface area contributed by atoms with Gasteiger partial charge in [0.05, 0.1) is 11.6 Å². The Kier molecular flexibility index (Phi) is 7.02.